The van der Waals surface area contributed by atoms with Crippen molar-refractivity contribution in [3.05, 3.63) is 59.5 Å². The zero-order valence-corrected chi connectivity index (χ0v) is 17.4. The molecule has 0 aliphatic carbocycles. The van der Waals surface area contributed by atoms with Crippen LogP contribution in [0.3, 0.4) is 0 Å². The highest BCUT2D eigenvalue weighted by Crippen LogP contribution is 2.34. The van der Waals surface area contributed by atoms with E-state index in [2.05, 4.69) is 28.1 Å². The van der Waals surface area contributed by atoms with Gasteiger partial charge in [0.1, 0.15) is 5.82 Å². The first kappa shape index (κ1) is 21.1. The summed E-state index contributed by atoms with van der Waals surface area (Å²) in [4.78, 5) is 7.91. The lowest BCUT2D eigenvalue weighted by Crippen LogP contribution is -2.46. The van der Waals surface area contributed by atoms with Crippen molar-refractivity contribution < 1.29 is 17.6 Å². The second-order valence-electron chi connectivity index (χ2n) is 7.64. The van der Waals surface area contributed by atoms with E-state index in [9.17, 15) is 17.6 Å². The van der Waals surface area contributed by atoms with Gasteiger partial charge in [-0.15, -0.1) is 11.8 Å². The highest BCUT2D eigenvalue weighted by molar-refractivity contribution is 7.99. The molecular weight excluding hydrogens is 414 g/mol. The molecule has 8 heteroatoms. The van der Waals surface area contributed by atoms with E-state index >= 15 is 0 Å². The van der Waals surface area contributed by atoms with Gasteiger partial charge in [0.05, 0.1) is 11.4 Å². The zero-order valence-electron chi connectivity index (χ0n) is 16.6. The molecule has 4 rings (SSSR count). The van der Waals surface area contributed by atoms with Crippen molar-refractivity contribution in [3.63, 3.8) is 0 Å². The van der Waals surface area contributed by atoms with Crippen LogP contribution in [0.5, 0.6) is 0 Å². The van der Waals surface area contributed by atoms with Crippen LogP contribution in [0.25, 0.3) is 10.9 Å². The molecule has 0 bridgehead atoms. The van der Waals surface area contributed by atoms with Crippen LogP contribution >= 0.6 is 11.8 Å². The number of aromatic nitrogens is 1. The minimum absolute atomic E-state index is 0.379. The molecule has 0 amide bonds. The Morgan fingerprint density at radius 1 is 1.03 bits per heavy atom. The highest BCUT2D eigenvalue weighted by atomic mass is 32.2. The van der Waals surface area contributed by atoms with Gasteiger partial charge in [-0.3, -0.25) is 4.90 Å². The lowest BCUT2D eigenvalue weighted by atomic mass is 10.1. The van der Waals surface area contributed by atoms with Crippen molar-refractivity contribution in [3.8, 4) is 0 Å². The fraction of sp³-hybridized carbons (Fsp3) is 0.364. The molecule has 1 aromatic heterocycles. The lowest BCUT2D eigenvalue weighted by Gasteiger charge is -2.36. The average molecular weight is 438 g/mol. The van der Waals surface area contributed by atoms with E-state index in [0.29, 0.717) is 41.0 Å². The molecule has 3 nitrogen and oxygen atoms in total. The Bertz CT molecular complexity index is 1020. The minimum Gasteiger partial charge on any atom is -0.367 e. The number of hydrogen-bond acceptors (Lipinski definition) is 3. The second-order valence-corrected chi connectivity index (χ2v) is 8.65. The van der Waals surface area contributed by atoms with E-state index in [1.54, 1.807) is 13.0 Å². The summed E-state index contributed by atoms with van der Waals surface area (Å²) in [6.45, 7) is 5.27. The third-order valence-corrected chi connectivity index (χ3v) is 6.60. The van der Waals surface area contributed by atoms with E-state index in [0.717, 1.165) is 25.2 Å². The first-order valence-corrected chi connectivity index (χ1v) is 10.8. The van der Waals surface area contributed by atoms with Gasteiger partial charge in [0.15, 0.2) is 0 Å². The molecule has 0 spiro atoms. The van der Waals surface area contributed by atoms with E-state index < -0.39 is 11.9 Å². The molecule has 1 saturated heterocycles. The van der Waals surface area contributed by atoms with Gasteiger partial charge in [0.25, 0.3) is 0 Å². The average Bonchev–Trinajstić information content (AvgIpc) is 3.15. The van der Waals surface area contributed by atoms with Crippen molar-refractivity contribution in [2.75, 3.05) is 36.8 Å². The summed E-state index contributed by atoms with van der Waals surface area (Å²) in [5.41, 5.74) is 3.25. The van der Waals surface area contributed by atoms with Gasteiger partial charge in [0.2, 0.25) is 0 Å². The second kappa shape index (κ2) is 8.51. The smallest absolute Gasteiger partial charge is 0.367 e. The number of aromatic amines is 1. The molecule has 30 heavy (non-hydrogen) atoms. The van der Waals surface area contributed by atoms with Gasteiger partial charge >= 0.3 is 6.18 Å². The van der Waals surface area contributed by atoms with Gasteiger partial charge in [0, 0.05) is 49.3 Å². The van der Waals surface area contributed by atoms with Crippen LogP contribution in [-0.4, -0.2) is 48.0 Å². The fourth-order valence-corrected chi connectivity index (χ4v) is 4.61. The van der Waals surface area contributed by atoms with E-state index in [-0.39, 0.29) is 5.82 Å². The number of fused-ring (bicyclic) bond motifs is 1. The predicted molar refractivity (Wildman–Crippen MR) is 114 cm³/mol. The first-order valence-electron chi connectivity index (χ1n) is 9.81. The number of hydrogen-bond donors (Lipinski definition) is 1. The predicted octanol–water partition coefficient (Wildman–Crippen LogP) is 5.59. The standard InChI is InChI=1S/C22H23F4N3S/c1-15-10-18(23)20(12-21(15)30-14-22(24,25)26)29-8-6-28(7-9-29)13-16-2-3-19-17(11-16)4-5-27-19/h2-5,10-12,27H,6-9,13-14H2,1H3. The molecule has 0 radical (unpaired) electrons. The molecule has 0 saturated carbocycles. The summed E-state index contributed by atoms with van der Waals surface area (Å²) in [5, 5.41) is 1.18. The van der Waals surface area contributed by atoms with Crippen molar-refractivity contribution in [2.45, 2.75) is 24.5 Å². The Morgan fingerprint density at radius 3 is 2.53 bits per heavy atom. The summed E-state index contributed by atoms with van der Waals surface area (Å²) in [6, 6.07) is 11.3. The Kier molecular flexibility index (Phi) is 5.97. The van der Waals surface area contributed by atoms with Crippen molar-refractivity contribution in [2.24, 2.45) is 0 Å². The molecule has 160 valence electrons. The molecule has 3 aromatic rings. The Balaban J connectivity index is 1.40. The number of nitrogens with zero attached hydrogens (tertiary/aromatic N) is 2. The third kappa shape index (κ3) is 4.92. The van der Waals surface area contributed by atoms with Gasteiger partial charge in [-0.2, -0.15) is 13.2 Å². The van der Waals surface area contributed by atoms with E-state index in [4.69, 9.17) is 0 Å². The summed E-state index contributed by atoms with van der Waals surface area (Å²) < 4.78 is 52.3. The molecule has 1 aliphatic heterocycles. The highest BCUT2D eigenvalue weighted by Gasteiger charge is 2.28. The molecule has 1 fully saturated rings. The topological polar surface area (TPSA) is 22.3 Å². The molecule has 1 N–H and O–H groups in total. The number of alkyl halides is 3. The van der Waals surface area contributed by atoms with Gasteiger partial charge < -0.3 is 9.88 Å². The van der Waals surface area contributed by atoms with Gasteiger partial charge in [-0.05, 0) is 53.8 Å². The number of thioether (sulfide) groups is 1. The monoisotopic (exact) mass is 437 g/mol. The maximum Gasteiger partial charge on any atom is 0.398 e. The van der Waals surface area contributed by atoms with Crippen molar-refractivity contribution in [1.29, 1.82) is 0 Å². The number of H-pyrrole nitrogens is 1. The summed E-state index contributed by atoms with van der Waals surface area (Å²) in [5.74, 6) is -1.35. The largest absolute Gasteiger partial charge is 0.398 e. The maximum atomic E-state index is 14.6. The molecule has 2 aromatic carbocycles. The minimum atomic E-state index is -4.25. The van der Waals surface area contributed by atoms with Crippen LogP contribution in [0, 0.1) is 12.7 Å². The third-order valence-electron chi connectivity index (χ3n) is 5.37. The van der Waals surface area contributed by atoms with Gasteiger partial charge in [-0.25, -0.2) is 4.39 Å². The van der Waals surface area contributed by atoms with Crippen molar-refractivity contribution >= 4 is 28.4 Å². The Hall–Kier alpha value is -2.19. The quantitative estimate of drug-likeness (QED) is 0.415. The number of rotatable bonds is 5. The van der Waals surface area contributed by atoms with Gasteiger partial charge in [-0.1, -0.05) is 6.07 Å². The first-order chi connectivity index (χ1) is 14.3. The number of aryl methyl sites for hydroxylation is 1. The molecular formula is C22H23F4N3S. The number of halogens is 4. The fourth-order valence-electron chi connectivity index (χ4n) is 3.81. The van der Waals surface area contributed by atoms with Crippen LogP contribution in [0.15, 0.2) is 47.5 Å². The van der Waals surface area contributed by atoms with Crippen molar-refractivity contribution in [1.82, 2.24) is 9.88 Å². The normalized spacial score (nSPS) is 15.8. The van der Waals surface area contributed by atoms with E-state index in [1.165, 1.54) is 17.0 Å². The SMILES string of the molecule is Cc1cc(F)c(N2CCN(Cc3ccc4[nH]ccc4c3)CC2)cc1SCC(F)(F)F. The Labute approximate surface area is 177 Å². The molecule has 0 unspecified atom stereocenters. The molecule has 0 atom stereocenters. The number of nitrogens with one attached hydrogen (secondary N) is 1. The van der Waals surface area contributed by atoms with E-state index in [1.807, 2.05) is 17.2 Å². The van der Waals surface area contributed by atoms with Crippen LogP contribution < -0.4 is 4.90 Å². The molecule has 2 heterocycles. The summed E-state index contributed by atoms with van der Waals surface area (Å²) in [7, 11) is 0. The van der Waals surface area contributed by atoms with Crippen LogP contribution in [-0.2, 0) is 6.54 Å². The summed E-state index contributed by atoms with van der Waals surface area (Å²) >= 11 is 0.713. The lowest BCUT2D eigenvalue weighted by molar-refractivity contribution is -0.105. The summed E-state index contributed by atoms with van der Waals surface area (Å²) in [6.07, 6.45) is -2.33. The number of benzene rings is 2. The number of piperazine rings is 1. The Morgan fingerprint density at radius 2 is 1.80 bits per heavy atom. The zero-order chi connectivity index (χ0) is 21.3. The maximum absolute atomic E-state index is 14.6. The van der Waals surface area contributed by atoms with Crippen LogP contribution in [0.2, 0.25) is 0 Å². The molecule has 1 aliphatic rings. The van der Waals surface area contributed by atoms with Crippen LogP contribution in [0.4, 0.5) is 23.2 Å². The number of anilines is 1. The van der Waals surface area contributed by atoms with Crippen LogP contribution in [0.1, 0.15) is 11.1 Å².